The molecule has 0 unspecified atom stereocenters. The van der Waals surface area contributed by atoms with Gasteiger partial charge in [-0.05, 0) is 12.5 Å². The van der Waals surface area contributed by atoms with E-state index in [2.05, 4.69) is 10.2 Å². The molecule has 1 spiro atoms. The lowest BCUT2D eigenvalue weighted by Crippen LogP contribution is -2.49. The third kappa shape index (κ3) is 2.21. The SMILES string of the molecule is Cc1[nH]nc(C(=O)N2CC[C@@]34OC[C@@H](c5ccccc5)N3C(=O)C[C@@H]24)c1Cl. The molecule has 0 aliphatic carbocycles. The summed E-state index contributed by atoms with van der Waals surface area (Å²) in [5, 5.41) is 7.13. The van der Waals surface area contributed by atoms with Crippen LogP contribution in [0.4, 0.5) is 0 Å². The number of nitrogens with one attached hydrogen (secondary N) is 1. The molecule has 2 aromatic rings. The number of carbonyl (C=O) groups is 2. The van der Waals surface area contributed by atoms with E-state index in [1.54, 1.807) is 11.8 Å². The molecule has 0 radical (unpaired) electrons. The quantitative estimate of drug-likeness (QED) is 0.858. The van der Waals surface area contributed by atoms with Crippen LogP contribution in [0.3, 0.4) is 0 Å². The van der Waals surface area contributed by atoms with Crippen LogP contribution in [0.5, 0.6) is 0 Å². The van der Waals surface area contributed by atoms with Crippen molar-refractivity contribution in [2.45, 2.75) is 37.6 Å². The molecule has 1 aromatic heterocycles. The fraction of sp³-hybridized carbons (Fsp3) is 0.421. The first-order valence-corrected chi connectivity index (χ1v) is 9.43. The van der Waals surface area contributed by atoms with Gasteiger partial charge in [0.2, 0.25) is 5.91 Å². The minimum Gasteiger partial charge on any atom is -0.351 e. The number of hydrogen-bond donors (Lipinski definition) is 1. The molecule has 0 bridgehead atoms. The summed E-state index contributed by atoms with van der Waals surface area (Å²) in [6.45, 7) is 2.72. The highest BCUT2D eigenvalue weighted by atomic mass is 35.5. The molecule has 0 saturated carbocycles. The molecule has 27 heavy (non-hydrogen) atoms. The van der Waals surface area contributed by atoms with E-state index in [0.29, 0.717) is 30.3 Å². The Morgan fingerprint density at radius 3 is 2.85 bits per heavy atom. The molecule has 140 valence electrons. The third-order valence-electron chi connectivity index (χ3n) is 5.98. The number of nitrogens with zero attached hydrogens (tertiary/aromatic N) is 3. The van der Waals surface area contributed by atoms with Crippen molar-refractivity contribution >= 4 is 23.4 Å². The van der Waals surface area contributed by atoms with Crippen LogP contribution in [0, 0.1) is 6.92 Å². The number of halogens is 1. The van der Waals surface area contributed by atoms with Gasteiger partial charge >= 0.3 is 0 Å². The number of aryl methyl sites for hydroxylation is 1. The van der Waals surface area contributed by atoms with Gasteiger partial charge in [-0.25, -0.2) is 0 Å². The number of benzene rings is 1. The van der Waals surface area contributed by atoms with Crippen LogP contribution in [0.2, 0.25) is 5.02 Å². The number of aromatic nitrogens is 2. The normalized spacial score (nSPS) is 29.3. The van der Waals surface area contributed by atoms with Gasteiger partial charge in [0.1, 0.15) is 0 Å². The van der Waals surface area contributed by atoms with Crippen molar-refractivity contribution < 1.29 is 14.3 Å². The Hall–Kier alpha value is -2.38. The smallest absolute Gasteiger partial charge is 0.276 e. The molecule has 4 heterocycles. The molecule has 1 aromatic carbocycles. The highest BCUT2D eigenvalue weighted by molar-refractivity contribution is 6.34. The fourth-order valence-corrected chi connectivity index (χ4v) is 4.87. The highest BCUT2D eigenvalue weighted by Gasteiger charge is 2.65. The number of carbonyl (C=O) groups excluding carboxylic acids is 2. The van der Waals surface area contributed by atoms with Crippen LogP contribution in [0.1, 0.15) is 40.6 Å². The summed E-state index contributed by atoms with van der Waals surface area (Å²) in [5.74, 6) is -0.235. The van der Waals surface area contributed by atoms with E-state index < -0.39 is 5.72 Å². The van der Waals surface area contributed by atoms with Gasteiger partial charge in [0.05, 0.1) is 35.8 Å². The van der Waals surface area contributed by atoms with Gasteiger partial charge in [0.15, 0.2) is 11.4 Å². The Morgan fingerprint density at radius 2 is 2.15 bits per heavy atom. The summed E-state index contributed by atoms with van der Waals surface area (Å²) in [7, 11) is 0. The van der Waals surface area contributed by atoms with Crippen LogP contribution in [-0.4, -0.2) is 56.7 Å². The zero-order valence-corrected chi connectivity index (χ0v) is 15.6. The van der Waals surface area contributed by atoms with Crippen LogP contribution in [0.15, 0.2) is 30.3 Å². The lowest BCUT2D eigenvalue weighted by molar-refractivity contribution is -0.138. The molecule has 2 amide bonds. The van der Waals surface area contributed by atoms with Crippen molar-refractivity contribution in [3.05, 3.63) is 52.3 Å². The second-order valence-corrected chi connectivity index (χ2v) is 7.70. The summed E-state index contributed by atoms with van der Waals surface area (Å²) in [6.07, 6.45) is 0.857. The summed E-state index contributed by atoms with van der Waals surface area (Å²) in [4.78, 5) is 29.5. The maximum Gasteiger partial charge on any atom is 0.276 e. The number of amides is 2. The van der Waals surface area contributed by atoms with E-state index in [0.717, 1.165) is 5.56 Å². The average Bonchev–Trinajstić information content (AvgIpc) is 3.38. The van der Waals surface area contributed by atoms with Gasteiger partial charge in [-0.3, -0.25) is 14.7 Å². The number of rotatable bonds is 2. The third-order valence-corrected chi connectivity index (χ3v) is 6.44. The summed E-state index contributed by atoms with van der Waals surface area (Å²) >= 11 is 6.22. The van der Waals surface area contributed by atoms with Crippen molar-refractivity contribution in [3.8, 4) is 0 Å². The van der Waals surface area contributed by atoms with Gasteiger partial charge in [-0.2, -0.15) is 5.10 Å². The topological polar surface area (TPSA) is 78.5 Å². The van der Waals surface area contributed by atoms with Crippen molar-refractivity contribution in [1.82, 2.24) is 20.0 Å². The first-order chi connectivity index (χ1) is 13.0. The van der Waals surface area contributed by atoms with Gasteiger partial charge < -0.3 is 14.5 Å². The maximum absolute atomic E-state index is 13.0. The van der Waals surface area contributed by atoms with E-state index in [4.69, 9.17) is 16.3 Å². The van der Waals surface area contributed by atoms with E-state index in [1.807, 2.05) is 35.2 Å². The van der Waals surface area contributed by atoms with Crippen LogP contribution in [-0.2, 0) is 9.53 Å². The number of aromatic amines is 1. The molecule has 3 fully saturated rings. The number of H-pyrrole nitrogens is 1. The van der Waals surface area contributed by atoms with Crippen LogP contribution >= 0.6 is 11.6 Å². The van der Waals surface area contributed by atoms with Gasteiger partial charge in [0.25, 0.3) is 5.91 Å². The predicted octanol–water partition coefficient (Wildman–Crippen LogP) is 2.29. The molecular formula is C19H19ClN4O3. The minimum atomic E-state index is -0.745. The zero-order valence-electron chi connectivity index (χ0n) is 14.8. The van der Waals surface area contributed by atoms with Crippen molar-refractivity contribution in [2.24, 2.45) is 0 Å². The van der Waals surface area contributed by atoms with Gasteiger partial charge in [-0.1, -0.05) is 41.9 Å². The Bertz CT molecular complexity index is 930. The Balaban J connectivity index is 1.47. The van der Waals surface area contributed by atoms with E-state index in [-0.39, 0.29) is 36.0 Å². The molecule has 3 aliphatic heterocycles. The Kier molecular flexibility index (Phi) is 3.61. The lowest BCUT2D eigenvalue weighted by Gasteiger charge is -2.33. The molecular weight excluding hydrogens is 368 g/mol. The molecule has 7 nitrogen and oxygen atoms in total. The molecule has 3 saturated heterocycles. The first kappa shape index (κ1) is 16.8. The Morgan fingerprint density at radius 1 is 1.37 bits per heavy atom. The van der Waals surface area contributed by atoms with Crippen molar-refractivity contribution in [2.75, 3.05) is 13.2 Å². The van der Waals surface area contributed by atoms with Gasteiger partial charge in [-0.15, -0.1) is 0 Å². The predicted molar refractivity (Wildman–Crippen MR) is 97.1 cm³/mol. The lowest BCUT2D eigenvalue weighted by atomic mass is 10.0. The van der Waals surface area contributed by atoms with Gasteiger partial charge in [0, 0.05) is 13.0 Å². The zero-order chi connectivity index (χ0) is 18.8. The minimum absolute atomic E-state index is 0.0214. The summed E-state index contributed by atoms with van der Waals surface area (Å²) in [6, 6.07) is 9.47. The molecule has 3 aliphatic rings. The standard InChI is InChI=1S/C19H19ClN4O3/c1-11-16(20)17(22-21-11)18(26)23-8-7-19-14(23)9-15(25)24(19)13(10-27-19)12-5-3-2-4-6-12/h2-6,13-14H,7-10H2,1H3,(H,21,22)/t13-,14+,19-/m0/s1. The average molecular weight is 387 g/mol. The van der Waals surface area contributed by atoms with E-state index >= 15 is 0 Å². The van der Waals surface area contributed by atoms with Crippen molar-refractivity contribution in [3.63, 3.8) is 0 Å². The Labute approximate surface area is 161 Å². The number of ether oxygens (including phenoxy) is 1. The monoisotopic (exact) mass is 386 g/mol. The molecule has 3 atom stereocenters. The van der Waals surface area contributed by atoms with Crippen LogP contribution in [0.25, 0.3) is 0 Å². The van der Waals surface area contributed by atoms with E-state index in [1.165, 1.54) is 0 Å². The summed E-state index contributed by atoms with van der Waals surface area (Å²) in [5.41, 5.74) is 1.17. The second kappa shape index (κ2) is 5.81. The number of likely N-dealkylation sites (tertiary alicyclic amines) is 1. The fourth-order valence-electron chi connectivity index (χ4n) is 4.70. The molecule has 1 N–H and O–H groups in total. The largest absolute Gasteiger partial charge is 0.351 e. The number of hydrogen-bond acceptors (Lipinski definition) is 4. The maximum atomic E-state index is 13.0. The molecule has 8 heteroatoms. The first-order valence-electron chi connectivity index (χ1n) is 9.05. The second-order valence-electron chi connectivity index (χ2n) is 7.33. The summed E-state index contributed by atoms with van der Waals surface area (Å²) < 4.78 is 6.23. The van der Waals surface area contributed by atoms with E-state index in [9.17, 15) is 9.59 Å². The molecule has 5 rings (SSSR count). The van der Waals surface area contributed by atoms with Crippen molar-refractivity contribution in [1.29, 1.82) is 0 Å². The van der Waals surface area contributed by atoms with Crippen LogP contribution < -0.4 is 0 Å². The highest BCUT2D eigenvalue weighted by Crippen LogP contribution is 2.51.